The fourth-order valence-corrected chi connectivity index (χ4v) is 3.38. The molecule has 0 unspecified atom stereocenters. The molecule has 0 fully saturated rings. The summed E-state index contributed by atoms with van der Waals surface area (Å²) in [5, 5.41) is 22.8. The molecule has 4 rings (SSSR count). The number of nitrogens with zero attached hydrogens (tertiary/aromatic N) is 2. The highest BCUT2D eigenvalue weighted by Crippen LogP contribution is 2.39. The maximum Gasteiger partial charge on any atom is 0.317 e. The van der Waals surface area contributed by atoms with Gasteiger partial charge in [-0.3, -0.25) is 29.8 Å². The number of benzene rings is 2. The van der Waals surface area contributed by atoms with Gasteiger partial charge in [0.15, 0.2) is 0 Å². The number of Topliss-reactive ketones (excluding diaryl/α,β-unsaturated/α-hetero) is 2. The SMILES string of the molecule is O=C1C([N+](=O)[O-])=C/C(=C2\C=C([N+](=O)[O-])C(=O)c3ccccc32)c2ccccc21. The van der Waals surface area contributed by atoms with Crippen molar-refractivity contribution in [1.82, 2.24) is 0 Å². The van der Waals surface area contributed by atoms with Crippen molar-refractivity contribution >= 4 is 22.7 Å². The minimum atomic E-state index is -0.781. The van der Waals surface area contributed by atoms with Crippen molar-refractivity contribution in [2.24, 2.45) is 0 Å². The van der Waals surface area contributed by atoms with Gasteiger partial charge >= 0.3 is 11.4 Å². The molecular weight excluding hydrogens is 364 g/mol. The Morgan fingerprint density at radius 2 is 0.893 bits per heavy atom. The standard InChI is InChI=1S/C20H10N2O6/c23-19-13-7-3-1-5-11(13)15(9-17(19)21(25)26)16-10-18(22(27)28)20(24)14-8-4-2-6-12(14)16/h1-10H/b16-15-. The van der Waals surface area contributed by atoms with Gasteiger partial charge in [0.25, 0.3) is 11.6 Å². The summed E-state index contributed by atoms with van der Waals surface area (Å²) < 4.78 is 0. The van der Waals surface area contributed by atoms with Gasteiger partial charge in [-0.05, 0) is 22.3 Å². The lowest BCUT2D eigenvalue weighted by atomic mass is 9.81. The lowest BCUT2D eigenvalue weighted by Crippen LogP contribution is -2.20. The molecule has 0 N–H and O–H groups in total. The third-order valence-electron chi connectivity index (χ3n) is 4.63. The summed E-state index contributed by atoms with van der Waals surface area (Å²) in [6, 6.07) is 12.6. The molecule has 0 saturated carbocycles. The summed E-state index contributed by atoms with van der Waals surface area (Å²) in [6.45, 7) is 0. The molecule has 0 heterocycles. The molecule has 0 bridgehead atoms. The fraction of sp³-hybridized carbons (Fsp3) is 0. The van der Waals surface area contributed by atoms with Gasteiger partial charge in [0.2, 0.25) is 0 Å². The number of hydrogen-bond acceptors (Lipinski definition) is 6. The molecular formula is C20H10N2O6. The van der Waals surface area contributed by atoms with Crippen LogP contribution in [-0.2, 0) is 0 Å². The summed E-state index contributed by atoms with van der Waals surface area (Å²) in [4.78, 5) is 46.1. The number of fused-ring (bicyclic) bond motifs is 2. The van der Waals surface area contributed by atoms with Gasteiger partial charge in [0.05, 0.1) is 9.85 Å². The molecule has 0 aromatic heterocycles. The Balaban J connectivity index is 2.13. The van der Waals surface area contributed by atoms with Crippen LogP contribution in [0.15, 0.2) is 72.1 Å². The second-order valence-electron chi connectivity index (χ2n) is 6.15. The second kappa shape index (κ2) is 6.20. The average molecular weight is 374 g/mol. The minimum absolute atomic E-state index is 0.129. The first-order valence-corrected chi connectivity index (χ1v) is 8.15. The van der Waals surface area contributed by atoms with Crippen LogP contribution in [0.5, 0.6) is 0 Å². The Labute approximate surface area is 157 Å². The predicted octanol–water partition coefficient (Wildman–Crippen LogP) is 3.31. The van der Waals surface area contributed by atoms with Crippen molar-refractivity contribution in [1.29, 1.82) is 0 Å². The fourth-order valence-electron chi connectivity index (χ4n) is 3.38. The quantitative estimate of drug-likeness (QED) is 0.587. The van der Waals surface area contributed by atoms with Crippen LogP contribution in [0.1, 0.15) is 31.8 Å². The summed E-state index contributed by atoms with van der Waals surface area (Å²) in [5.74, 6) is -1.47. The zero-order valence-corrected chi connectivity index (χ0v) is 14.1. The van der Waals surface area contributed by atoms with Gasteiger partial charge in [0, 0.05) is 23.3 Å². The van der Waals surface area contributed by atoms with E-state index in [1.807, 2.05) is 0 Å². The van der Waals surface area contributed by atoms with Crippen molar-refractivity contribution in [3.05, 3.63) is 115 Å². The lowest BCUT2D eigenvalue weighted by molar-refractivity contribution is -0.416. The monoisotopic (exact) mass is 374 g/mol. The number of carbonyl (C=O) groups is 2. The highest BCUT2D eigenvalue weighted by Gasteiger charge is 2.36. The topological polar surface area (TPSA) is 120 Å². The second-order valence-corrected chi connectivity index (χ2v) is 6.15. The van der Waals surface area contributed by atoms with E-state index >= 15 is 0 Å². The Kier molecular flexibility index (Phi) is 3.82. The number of ketones is 2. The van der Waals surface area contributed by atoms with Gasteiger partial charge in [-0.15, -0.1) is 0 Å². The van der Waals surface area contributed by atoms with Crippen LogP contribution < -0.4 is 0 Å². The first-order chi connectivity index (χ1) is 13.4. The van der Waals surface area contributed by atoms with Crippen LogP contribution in [0.3, 0.4) is 0 Å². The van der Waals surface area contributed by atoms with Gasteiger partial charge in [-0.25, -0.2) is 0 Å². The summed E-state index contributed by atoms with van der Waals surface area (Å²) >= 11 is 0. The first kappa shape index (κ1) is 17.2. The Bertz CT molecular complexity index is 1110. The van der Waals surface area contributed by atoms with Crippen LogP contribution >= 0.6 is 0 Å². The van der Waals surface area contributed by atoms with E-state index in [0.717, 1.165) is 12.2 Å². The molecule has 0 spiro atoms. The molecule has 8 nitrogen and oxygen atoms in total. The van der Waals surface area contributed by atoms with Crippen molar-refractivity contribution in [3.8, 4) is 0 Å². The molecule has 0 saturated heterocycles. The van der Waals surface area contributed by atoms with Crippen LogP contribution in [0.2, 0.25) is 0 Å². The summed E-state index contributed by atoms with van der Waals surface area (Å²) in [7, 11) is 0. The van der Waals surface area contributed by atoms with Crippen LogP contribution in [0, 0.1) is 20.2 Å². The number of rotatable bonds is 2. The molecule has 2 aromatic rings. The smallest absolute Gasteiger partial charge is 0.282 e. The highest BCUT2D eigenvalue weighted by molar-refractivity contribution is 6.22. The number of carbonyl (C=O) groups excluding carboxylic acids is 2. The van der Waals surface area contributed by atoms with Crippen LogP contribution in [-0.4, -0.2) is 21.4 Å². The third-order valence-corrected chi connectivity index (χ3v) is 4.63. The normalized spacial score (nSPS) is 18.0. The molecule has 2 aliphatic rings. The van der Waals surface area contributed by atoms with E-state index in [4.69, 9.17) is 0 Å². The van der Waals surface area contributed by atoms with Gasteiger partial charge in [-0.1, -0.05) is 48.5 Å². The van der Waals surface area contributed by atoms with Crippen molar-refractivity contribution in [2.45, 2.75) is 0 Å². The minimum Gasteiger partial charge on any atom is -0.282 e. The molecule has 2 aromatic carbocycles. The first-order valence-electron chi connectivity index (χ1n) is 8.15. The van der Waals surface area contributed by atoms with E-state index in [-0.39, 0.29) is 22.3 Å². The van der Waals surface area contributed by atoms with Crippen LogP contribution in [0.25, 0.3) is 11.1 Å². The van der Waals surface area contributed by atoms with Crippen molar-refractivity contribution in [2.75, 3.05) is 0 Å². The maximum atomic E-state index is 12.4. The van der Waals surface area contributed by atoms with E-state index < -0.39 is 32.8 Å². The van der Waals surface area contributed by atoms with Crippen molar-refractivity contribution < 1.29 is 19.4 Å². The molecule has 136 valence electrons. The number of nitro groups is 2. The van der Waals surface area contributed by atoms with E-state index in [2.05, 4.69) is 0 Å². The molecule has 8 heteroatoms. The van der Waals surface area contributed by atoms with E-state index in [1.165, 1.54) is 12.1 Å². The number of hydrogen-bond donors (Lipinski definition) is 0. The molecule has 28 heavy (non-hydrogen) atoms. The molecule has 0 aliphatic heterocycles. The summed E-state index contributed by atoms with van der Waals surface area (Å²) in [6.07, 6.45) is 2.22. The third kappa shape index (κ3) is 2.47. The van der Waals surface area contributed by atoms with Crippen LogP contribution in [0.4, 0.5) is 0 Å². The van der Waals surface area contributed by atoms with E-state index in [0.29, 0.717) is 11.1 Å². The predicted molar refractivity (Wildman–Crippen MR) is 98.5 cm³/mol. The Hall–Kier alpha value is -4.20. The Morgan fingerprint density at radius 3 is 1.21 bits per heavy atom. The van der Waals surface area contributed by atoms with Gasteiger partial charge < -0.3 is 0 Å². The van der Waals surface area contributed by atoms with E-state index in [1.54, 1.807) is 36.4 Å². The molecule has 0 radical (unpaired) electrons. The summed E-state index contributed by atoms with van der Waals surface area (Å²) in [5.41, 5.74) is 0.377. The zero-order chi connectivity index (χ0) is 20.0. The largest absolute Gasteiger partial charge is 0.317 e. The lowest BCUT2D eigenvalue weighted by Gasteiger charge is -2.20. The van der Waals surface area contributed by atoms with Gasteiger partial charge in [-0.2, -0.15) is 0 Å². The van der Waals surface area contributed by atoms with Crippen molar-refractivity contribution in [3.63, 3.8) is 0 Å². The molecule has 0 amide bonds. The number of allylic oxidation sites excluding steroid dienone is 6. The maximum absolute atomic E-state index is 12.4. The molecule has 2 aliphatic carbocycles. The molecule has 0 atom stereocenters. The average Bonchev–Trinajstić information content (AvgIpc) is 2.69. The van der Waals surface area contributed by atoms with Gasteiger partial charge in [0.1, 0.15) is 0 Å². The highest BCUT2D eigenvalue weighted by atomic mass is 16.6. The zero-order valence-electron chi connectivity index (χ0n) is 14.1. The Morgan fingerprint density at radius 1 is 0.571 bits per heavy atom. The van der Waals surface area contributed by atoms with E-state index in [9.17, 15) is 29.8 Å².